The molecule has 0 heterocycles. The van der Waals surface area contributed by atoms with Crippen molar-refractivity contribution in [1.29, 1.82) is 0 Å². The van der Waals surface area contributed by atoms with Crippen LogP contribution in [-0.4, -0.2) is 0 Å². The van der Waals surface area contributed by atoms with Crippen LogP contribution < -0.4 is 0 Å². The average Bonchev–Trinajstić information content (AvgIpc) is 2.91. The van der Waals surface area contributed by atoms with Crippen LogP contribution in [0.2, 0.25) is 16.0 Å². The van der Waals surface area contributed by atoms with Gasteiger partial charge in [-0.15, -0.1) is 0 Å². The maximum atomic E-state index is 2.62. The molecule has 0 bridgehead atoms. The summed E-state index contributed by atoms with van der Waals surface area (Å²) < 4.78 is 6.37. The molecule has 0 spiro atoms. The molecule has 0 radical (unpaired) electrons. The SMILES string of the molecule is CC1=C(C)[C](C)([Zr]([CH3])([CH3])[CH]2C=CC=C2)C(C)=C1C. The Labute approximate surface area is 117 Å². The zero-order valence-corrected chi connectivity index (χ0v) is 15.3. The van der Waals surface area contributed by atoms with Crippen molar-refractivity contribution in [3.05, 3.63) is 46.6 Å². The van der Waals surface area contributed by atoms with Gasteiger partial charge in [0.15, 0.2) is 0 Å². The fourth-order valence-corrected chi connectivity index (χ4v) is 14.0. The van der Waals surface area contributed by atoms with Crippen LogP contribution in [0.4, 0.5) is 0 Å². The van der Waals surface area contributed by atoms with Gasteiger partial charge in [-0.3, -0.25) is 0 Å². The molecule has 0 aromatic carbocycles. The van der Waals surface area contributed by atoms with Crippen molar-refractivity contribution in [2.24, 2.45) is 0 Å². The normalized spacial score (nSPS) is 23.7. The fraction of sp³-hybridized carbons (Fsp3) is 0.529. The van der Waals surface area contributed by atoms with Gasteiger partial charge in [0.05, 0.1) is 0 Å². The van der Waals surface area contributed by atoms with Gasteiger partial charge in [-0.25, -0.2) is 0 Å². The summed E-state index contributed by atoms with van der Waals surface area (Å²) >= 11 is -2.32. The Kier molecular flexibility index (Phi) is 3.52. The van der Waals surface area contributed by atoms with Gasteiger partial charge >= 0.3 is 117 Å². The standard InChI is InChI=1S/C10H15.C5H5.2CH3.Zr/c1-6-7(2)9(4)10(5)8(6)3;1-2-4-5-3-1;;;/h1-5H3;1-5H;2*1H3;. The van der Waals surface area contributed by atoms with Gasteiger partial charge in [-0.05, 0) is 0 Å². The van der Waals surface area contributed by atoms with Crippen molar-refractivity contribution >= 4 is 0 Å². The van der Waals surface area contributed by atoms with Crippen LogP contribution in [0, 0.1) is 0 Å². The average molecular weight is 322 g/mol. The molecule has 18 heavy (non-hydrogen) atoms. The molecule has 2 rings (SSSR count). The van der Waals surface area contributed by atoms with Gasteiger partial charge in [-0.1, -0.05) is 0 Å². The Balaban J connectivity index is 2.56. The molecule has 2 aliphatic rings. The van der Waals surface area contributed by atoms with E-state index in [9.17, 15) is 0 Å². The third-order valence-electron chi connectivity index (χ3n) is 6.06. The Morgan fingerprint density at radius 1 is 0.889 bits per heavy atom. The molecule has 2 aliphatic carbocycles. The fourth-order valence-electron chi connectivity index (χ4n) is 3.81. The number of hydrogen-bond acceptors (Lipinski definition) is 0. The summed E-state index contributed by atoms with van der Waals surface area (Å²) in [5.74, 6) is 0. The molecule has 0 N–H and O–H groups in total. The molecule has 0 aliphatic heterocycles. The van der Waals surface area contributed by atoms with E-state index in [1.807, 2.05) is 0 Å². The van der Waals surface area contributed by atoms with Crippen molar-refractivity contribution in [2.75, 3.05) is 0 Å². The summed E-state index contributed by atoms with van der Waals surface area (Å²) in [5, 5.41) is 0. The Bertz CT molecular complexity index is 462. The molecule has 0 atom stereocenters. The molecular formula is C17H26Zr. The van der Waals surface area contributed by atoms with Crippen LogP contribution in [0.15, 0.2) is 46.6 Å². The van der Waals surface area contributed by atoms with Gasteiger partial charge in [0.2, 0.25) is 0 Å². The first kappa shape index (κ1) is 14.3. The maximum absolute atomic E-state index is 2.62. The van der Waals surface area contributed by atoms with E-state index in [0.29, 0.717) is 3.12 Å². The first-order valence-corrected chi connectivity index (χ1v) is 14.5. The summed E-state index contributed by atoms with van der Waals surface area (Å²) in [6.07, 6.45) is 9.34. The van der Waals surface area contributed by atoms with E-state index in [-0.39, 0.29) is 0 Å². The molecular weight excluding hydrogens is 295 g/mol. The second-order valence-corrected chi connectivity index (χ2v) is 19.2. The number of rotatable bonds is 2. The van der Waals surface area contributed by atoms with Crippen molar-refractivity contribution in [3.63, 3.8) is 0 Å². The van der Waals surface area contributed by atoms with Crippen LogP contribution in [0.3, 0.4) is 0 Å². The molecule has 0 saturated heterocycles. The summed E-state index contributed by atoms with van der Waals surface area (Å²) in [4.78, 5) is 0. The van der Waals surface area contributed by atoms with Crippen molar-refractivity contribution < 1.29 is 20.3 Å². The van der Waals surface area contributed by atoms with E-state index in [2.05, 4.69) is 68.2 Å². The summed E-state index contributed by atoms with van der Waals surface area (Å²) in [6.45, 7) is 11.9. The molecule has 0 unspecified atom stereocenters. The molecule has 0 saturated carbocycles. The molecule has 1 heteroatoms. The van der Waals surface area contributed by atoms with E-state index in [4.69, 9.17) is 0 Å². The van der Waals surface area contributed by atoms with Crippen LogP contribution in [-0.2, 0) is 20.3 Å². The Morgan fingerprint density at radius 3 is 1.67 bits per heavy atom. The predicted octanol–water partition coefficient (Wildman–Crippen LogP) is 6.02. The van der Waals surface area contributed by atoms with E-state index in [0.717, 1.165) is 3.63 Å². The van der Waals surface area contributed by atoms with Gasteiger partial charge in [0, 0.05) is 0 Å². The molecule has 0 aromatic heterocycles. The zero-order chi connectivity index (χ0) is 13.7. The second-order valence-electron chi connectivity index (χ2n) is 6.64. The summed E-state index contributed by atoms with van der Waals surface area (Å²) in [6, 6.07) is 0. The van der Waals surface area contributed by atoms with Gasteiger partial charge in [-0.2, -0.15) is 0 Å². The third kappa shape index (κ3) is 1.66. The first-order valence-electron chi connectivity index (χ1n) is 6.96. The van der Waals surface area contributed by atoms with Crippen LogP contribution in [0.1, 0.15) is 34.6 Å². The minimum absolute atomic E-state index is 0.381. The van der Waals surface area contributed by atoms with Gasteiger partial charge in [0.1, 0.15) is 0 Å². The van der Waals surface area contributed by atoms with Crippen molar-refractivity contribution in [1.82, 2.24) is 0 Å². The minimum atomic E-state index is -2.32. The Hall–Kier alpha value is -0.157. The second kappa shape index (κ2) is 4.44. The monoisotopic (exact) mass is 320 g/mol. The zero-order valence-electron chi connectivity index (χ0n) is 12.9. The molecule has 0 aromatic rings. The molecule has 0 fully saturated rings. The topological polar surface area (TPSA) is 0 Å². The van der Waals surface area contributed by atoms with Crippen LogP contribution in [0.5, 0.6) is 0 Å². The van der Waals surface area contributed by atoms with Crippen molar-refractivity contribution in [3.8, 4) is 0 Å². The van der Waals surface area contributed by atoms with E-state index >= 15 is 0 Å². The van der Waals surface area contributed by atoms with Crippen LogP contribution in [0.25, 0.3) is 0 Å². The molecule has 0 amide bonds. The summed E-state index contributed by atoms with van der Waals surface area (Å²) in [7, 11) is 0. The number of allylic oxidation sites excluding steroid dienone is 8. The van der Waals surface area contributed by atoms with Crippen LogP contribution >= 0.6 is 0 Å². The molecule has 0 nitrogen and oxygen atoms in total. The predicted molar refractivity (Wildman–Crippen MR) is 78.9 cm³/mol. The summed E-state index contributed by atoms with van der Waals surface area (Å²) in [5.41, 5.74) is 6.38. The van der Waals surface area contributed by atoms with Gasteiger partial charge < -0.3 is 0 Å². The number of hydrogen-bond donors (Lipinski definition) is 0. The molecule has 98 valence electrons. The third-order valence-corrected chi connectivity index (χ3v) is 19.3. The first-order chi connectivity index (χ1) is 8.24. The Morgan fingerprint density at radius 2 is 1.28 bits per heavy atom. The van der Waals surface area contributed by atoms with Crippen molar-refractivity contribution in [2.45, 2.75) is 50.6 Å². The van der Waals surface area contributed by atoms with E-state index in [1.165, 1.54) is 0 Å². The van der Waals surface area contributed by atoms with E-state index < -0.39 is 20.3 Å². The van der Waals surface area contributed by atoms with E-state index in [1.54, 1.807) is 22.3 Å². The quantitative estimate of drug-likeness (QED) is 0.583. The van der Waals surface area contributed by atoms with Gasteiger partial charge in [0.25, 0.3) is 0 Å².